The highest BCUT2D eigenvalue weighted by Crippen LogP contribution is 2.33. The number of ether oxygens (including phenoxy) is 1. The molecule has 0 saturated heterocycles. The Morgan fingerprint density at radius 1 is 1.06 bits per heavy atom. The molecule has 0 spiro atoms. The van der Waals surface area contributed by atoms with Gasteiger partial charge in [-0.25, -0.2) is 0 Å². The first-order chi connectivity index (χ1) is 7.46. The number of hydrogen-bond donors (Lipinski definition) is 1. The van der Waals surface area contributed by atoms with Crippen LogP contribution in [0.15, 0.2) is 0 Å². The quantitative estimate of drug-likeness (QED) is 0.750. The number of hydrogen-bond acceptors (Lipinski definition) is 2. The van der Waals surface area contributed by atoms with E-state index >= 15 is 0 Å². The van der Waals surface area contributed by atoms with Crippen LogP contribution in [0, 0.1) is 11.3 Å². The Kier molecular flexibility index (Phi) is 5.26. The minimum absolute atomic E-state index is 0.0144. The summed E-state index contributed by atoms with van der Waals surface area (Å²) in [4.78, 5) is 0. The van der Waals surface area contributed by atoms with Gasteiger partial charge in [0.1, 0.15) is 0 Å². The van der Waals surface area contributed by atoms with Gasteiger partial charge in [0, 0.05) is 7.11 Å². The highest BCUT2D eigenvalue weighted by Gasteiger charge is 2.35. The second-order valence-corrected chi connectivity index (χ2v) is 6.26. The van der Waals surface area contributed by atoms with Gasteiger partial charge in [0.2, 0.25) is 0 Å². The van der Waals surface area contributed by atoms with Crippen LogP contribution < -0.4 is 0 Å². The van der Waals surface area contributed by atoms with Gasteiger partial charge in [0.15, 0.2) is 0 Å². The van der Waals surface area contributed by atoms with Crippen LogP contribution in [-0.4, -0.2) is 24.4 Å². The molecule has 0 aromatic rings. The predicted molar refractivity (Wildman–Crippen MR) is 67.5 cm³/mol. The van der Waals surface area contributed by atoms with E-state index in [1.807, 2.05) is 0 Å². The molecule has 96 valence electrons. The second kappa shape index (κ2) is 6.02. The average Bonchev–Trinajstić information content (AvgIpc) is 2.44. The van der Waals surface area contributed by atoms with E-state index in [0.29, 0.717) is 5.92 Å². The Bertz CT molecular complexity index is 187. The molecular formula is C14H28O2. The van der Waals surface area contributed by atoms with Crippen molar-refractivity contribution in [1.29, 1.82) is 0 Å². The number of aliphatic hydroxyl groups excluding tert-OH is 1. The van der Waals surface area contributed by atoms with Crippen LogP contribution in [-0.2, 0) is 4.74 Å². The monoisotopic (exact) mass is 228 g/mol. The minimum Gasteiger partial charge on any atom is -0.390 e. The molecular weight excluding hydrogens is 200 g/mol. The van der Waals surface area contributed by atoms with Crippen molar-refractivity contribution in [1.82, 2.24) is 0 Å². The molecule has 1 N–H and O–H groups in total. The second-order valence-electron chi connectivity index (χ2n) is 6.26. The van der Waals surface area contributed by atoms with Crippen LogP contribution in [0.3, 0.4) is 0 Å². The van der Waals surface area contributed by atoms with Crippen LogP contribution in [0.2, 0.25) is 0 Å². The zero-order valence-corrected chi connectivity index (χ0v) is 11.3. The summed E-state index contributed by atoms with van der Waals surface area (Å²) in [6.45, 7) is 6.42. The maximum Gasteiger partial charge on any atom is 0.0880 e. The Morgan fingerprint density at radius 3 is 1.94 bits per heavy atom. The van der Waals surface area contributed by atoms with E-state index in [4.69, 9.17) is 4.74 Å². The normalized spacial score (nSPS) is 23.8. The fourth-order valence-corrected chi connectivity index (χ4v) is 2.90. The third-order valence-electron chi connectivity index (χ3n) is 3.80. The van der Waals surface area contributed by atoms with Crippen molar-refractivity contribution >= 4 is 0 Å². The lowest BCUT2D eigenvalue weighted by Crippen LogP contribution is -2.43. The summed E-state index contributed by atoms with van der Waals surface area (Å²) in [5, 5.41) is 10.5. The summed E-state index contributed by atoms with van der Waals surface area (Å²) in [6, 6.07) is 0. The Labute approximate surface area is 100 Å². The van der Waals surface area contributed by atoms with Crippen molar-refractivity contribution in [3.8, 4) is 0 Å². The van der Waals surface area contributed by atoms with E-state index in [9.17, 15) is 5.11 Å². The minimum atomic E-state index is -0.303. The molecule has 1 rings (SSSR count). The molecule has 0 aromatic carbocycles. The first-order valence-corrected chi connectivity index (χ1v) is 6.67. The standard InChI is InChI=1S/C14H28O2/c1-14(2,3)13(16-4)12(15)11-9-7-5-6-8-10-11/h11-13,15H,5-10H2,1-4H3. The summed E-state index contributed by atoms with van der Waals surface area (Å²) >= 11 is 0. The van der Waals surface area contributed by atoms with Gasteiger partial charge in [-0.05, 0) is 24.2 Å². The van der Waals surface area contributed by atoms with Crippen molar-refractivity contribution in [2.45, 2.75) is 71.5 Å². The predicted octanol–water partition coefficient (Wildman–Crippen LogP) is 3.38. The van der Waals surface area contributed by atoms with Crippen LogP contribution in [0.1, 0.15) is 59.3 Å². The van der Waals surface area contributed by atoms with E-state index < -0.39 is 0 Å². The molecule has 0 heterocycles. The fraction of sp³-hybridized carbons (Fsp3) is 1.00. The molecule has 0 bridgehead atoms. The van der Waals surface area contributed by atoms with Gasteiger partial charge in [0.05, 0.1) is 12.2 Å². The highest BCUT2D eigenvalue weighted by molar-refractivity contribution is 4.86. The zero-order valence-electron chi connectivity index (χ0n) is 11.3. The third-order valence-corrected chi connectivity index (χ3v) is 3.80. The van der Waals surface area contributed by atoms with Gasteiger partial charge in [-0.3, -0.25) is 0 Å². The average molecular weight is 228 g/mol. The summed E-state index contributed by atoms with van der Waals surface area (Å²) in [5.74, 6) is 0.437. The SMILES string of the molecule is COC(C(O)C1CCCCCC1)C(C)(C)C. The maximum atomic E-state index is 10.5. The molecule has 16 heavy (non-hydrogen) atoms. The Hall–Kier alpha value is -0.0800. The van der Waals surface area contributed by atoms with Crippen molar-refractivity contribution < 1.29 is 9.84 Å². The van der Waals surface area contributed by atoms with Gasteiger partial charge < -0.3 is 9.84 Å². The lowest BCUT2D eigenvalue weighted by Gasteiger charge is -2.36. The molecule has 2 nitrogen and oxygen atoms in total. The van der Waals surface area contributed by atoms with E-state index in [1.165, 1.54) is 25.7 Å². The van der Waals surface area contributed by atoms with Gasteiger partial charge >= 0.3 is 0 Å². The van der Waals surface area contributed by atoms with Gasteiger partial charge in [-0.15, -0.1) is 0 Å². The van der Waals surface area contributed by atoms with E-state index in [2.05, 4.69) is 20.8 Å². The van der Waals surface area contributed by atoms with Gasteiger partial charge in [-0.2, -0.15) is 0 Å². The van der Waals surface area contributed by atoms with Crippen LogP contribution >= 0.6 is 0 Å². The molecule has 1 saturated carbocycles. The first-order valence-electron chi connectivity index (χ1n) is 6.67. The summed E-state index contributed by atoms with van der Waals surface area (Å²) in [7, 11) is 1.72. The Balaban J connectivity index is 2.62. The fourth-order valence-electron chi connectivity index (χ4n) is 2.90. The highest BCUT2D eigenvalue weighted by atomic mass is 16.5. The zero-order chi connectivity index (χ0) is 12.2. The molecule has 2 heteroatoms. The number of rotatable bonds is 3. The lowest BCUT2D eigenvalue weighted by molar-refractivity contribution is -0.0950. The molecule has 2 unspecified atom stereocenters. The molecule has 1 fully saturated rings. The molecule has 0 amide bonds. The van der Waals surface area contributed by atoms with Gasteiger partial charge in [0.25, 0.3) is 0 Å². The van der Waals surface area contributed by atoms with E-state index in [-0.39, 0.29) is 17.6 Å². The number of aliphatic hydroxyl groups is 1. The van der Waals surface area contributed by atoms with E-state index in [1.54, 1.807) is 7.11 Å². The molecule has 0 radical (unpaired) electrons. The van der Waals surface area contributed by atoms with E-state index in [0.717, 1.165) is 12.8 Å². The van der Waals surface area contributed by atoms with Crippen molar-refractivity contribution in [2.24, 2.45) is 11.3 Å². The smallest absolute Gasteiger partial charge is 0.0880 e. The first kappa shape index (κ1) is 14.0. The molecule has 0 aliphatic heterocycles. The Morgan fingerprint density at radius 2 is 1.56 bits per heavy atom. The molecule has 0 aromatic heterocycles. The van der Waals surface area contributed by atoms with Crippen LogP contribution in [0.5, 0.6) is 0 Å². The number of methoxy groups -OCH3 is 1. The topological polar surface area (TPSA) is 29.5 Å². The van der Waals surface area contributed by atoms with Crippen molar-refractivity contribution in [3.63, 3.8) is 0 Å². The largest absolute Gasteiger partial charge is 0.390 e. The summed E-state index contributed by atoms with van der Waals surface area (Å²) in [6.07, 6.45) is 7.17. The third kappa shape index (κ3) is 3.74. The molecule has 2 atom stereocenters. The summed E-state index contributed by atoms with van der Waals surface area (Å²) in [5.41, 5.74) is 0.0144. The molecule has 1 aliphatic rings. The van der Waals surface area contributed by atoms with Crippen LogP contribution in [0.25, 0.3) is 0 Å². The van der Waals surface area contributed by atoms with Gasteiger partial charge in [-0.1, -0.05) is 46.5 Å². The lowest BCUT2D eigenvalue weighted by atomic mass is 9.79. The van der Waals surface area contributed by atoms with Crippen LogP contribution in [0.4, 0.5) is 0 Å². The summed E-state index contributed by atoms with van der Waals surface area (Å²) < 4.78 is 5.52. The molecule has 1 aliphatic carbocycles. The van der Waals surface area contributed by atoms with Crippen molar-refractivity contribution in [3.05, 3.63) is 0 Å². The van der Waals surface area contributed by atoms with Crippen molar-refractivity contribution in [2.75, 3.05) is 7.11 Å². The maximum absolute atomic E-state index is 10.5.